The van der Waals surface area contributed by atoms with Gasteiger partial charge in [-0.25, -0.2) is 0 Å². The molecule has 2 aromatic heterocycles. The van der Waals surface area contributed by atoms with E-state index in [0.29, 0.717) is 0 Å². The Bertz CT molecular complexity index is 5220. The maximum absolute atomic E-state index is 6.44. The quantitative estimate of drug-likeness (QED) is 0.175. The first-order valence-corrected chi connectivity index (χ1v) is 28.2. The molecule has 0 radical (unpaired) electrons. The number of hydrogen-bond donors (Lipinski definition) is 0. The van der Waals surface area contributed by atoms with Crippen LogP contribution in [0.25, 0.3) is 105 Å². The van der Waals surface area contributed by atoms with Gasteiger partial charge in [-0.3, -0.25) is 0 Å². The lowest BCUT2D eigenvalue weighted by molar-refractivity contribution is 0.669. The zero-order chi connectivity index (χ0) is 52.7. The zero-order valence-corrected chi connectivity index (χ0v) is 43.9. The molecule has 0 amide bonds. The molecule has 0 bridgehead atoms. The molecule has 81 heavy (non-hydrogen) atoms. The van der Waals surface area contributed by atoms with Gasteiger partial charge in [0.2, 0.25) is 0 Å². The predicted octanol–water partition coefficient (Wildman–Crippen LogP) is 20.0. The van der Waals surface area contributed by atoms with Crippen LogP contribution in [-0.4, -0.2) is 4.57 Å². The molecule has 3 aliphatic carbocycles. The van der Waals surface area contributed by atoms with Crippen molar-refractivity contribution in [1.29, 1.82) is 0 Å². The topological polar surface area (TPSA) is 21.3 Å². The van der Waals surface area contributed by atoms with E-state index >= 15 is 0 Å². The molecule has 0 fully saturated rings. The molecule has 1 unspecified atom stereocenters. The average Bonchev–Trinajstić information content (AvgIpc) is 3.20. The molecule has 4 aliphatic rings. The number of rotatable bonds is 4. The standard InChI is InChI=1S/C78H46N2O/c1-2-18-52-48(17-1)38-44-66-74(52)60-43-41-51(46-68(60)77(66)61-25-8-3-19-53(61)54-20-4-9-26-62(54)77)79(50-39-35-47(36-40-50)49-37-42-57-56-22-7-14-34-72(56)81-73(57)45-49)71-33-16-29-65-75(71)59-23-5-10-27-63(59)78(65)64-28-11-13-32-70(64)80-69-31-12-6-21-55(69)58-24-15-30-67(78)76(58)80/h1-46H. The predicted molar refractivity (Wildman–Crippen MR) is 333 cm³/mol. The second-order valence-corrected chi connectivity index (χ2v) is 22.5. The number of hydrogen-bond acceptors (Lipinski definition) is 2. The van der Waals surface area contributed by atoms with Crippen LogP contribution < -0.4 is 4.90 Å². The second kappa shape index (κ2) is 15.6. The maximum atomic E-state index is 6.44. The van der Waals surface area contributed by atoms with E-state index < -0.39 is 10.8 Å². The molecule has 3 heterocycles. The lowest BCUT2D eigenvalue weighted by atomic mass is 9.65. The normalized spacial score (nSPS) is 15.3. The molecule has 13 aromatic carbocycles. The highest BCUT2D eigenvalue weighted by molar-refractivity contribution is 6.14. The highest BCUT2D eigenvalue weighted by atomic mass is 16.3. The number of benzene rings is 13. The summed E-state index contributed by atoms with van der Waals surface area (Å²) in [7, 11) is 0. The van der Waals surface area contributed by atoms with Crippen molar-refractivity contribution in [1.82, 2.24) is 4.57 Å². The third-order valence-corrected chi connectivity index (χ3v) is 19.0. The number of nitrogens with zero attached hydrogens (tertiary/aromatic N) is 2. The lowest BCUT2D eigenvalue weighted by Gasteiger charge is -2.39. The lowest BCUT2D eigenvalue weighted by Crippen LogP contribution is -2.33. The fourth-order valence-electron chi connectivity index (χ4n) is 15.9. The third-order valence-electron chi connectivity index (χ3n) is 19.0. The third kappa shape index (κ3) is 5.34. The molecule has 19 rings (SSSR count). The number of anilines is 3. The Morgan fingerprint density at radius 1 is 0.309 bits per heavy atom. The maximum Gasteiger partial charge on any atom is 0.136 e. The van der Waals surface area contributed by atoms with Crippen molar-refractivity contribution < 1.29 is 4.42 Å². The van der Waals surface area contributed by atoms with Crippen molar-refractivity contribution in [2.75, 3.05) is 4.90 Å². The number of furan rings is 1. The van der Waals surface area contributed by atoms with Crippen molar-refractivity contribution in [3.63, 3.8) is 0 Å². The molecule has 0 saturated heterocycles. The van der Waals surface area contributed by atoms with Crippen LogP contribution >= 0.6 is 0 Å². The molecule has 0 N–H and O–H groups in total. The Morgan fingerprint density at radius 2 is 0.877 bits per heavy atom. The Hall–Kier alpha value is -10.5. The van der Waals surface area contributed by atoms with Gasteiger partial charge in [0.1, 0.15) is 11.2 Å². The van der Waals surface area contributed by atoms with Gasteiger partial charge in [-0.1, -0.05) is 218 Å². The average molecular weight is 1030 g/mol. The minimum atomic E-state index is -0.616. The molecule has 3 nitrogen and oxygen atoms in total. The van der Waals surface area contributed by atoms with Gasteiger partial charge in [-0.2, -0.15) is 0 Å². The number of fused-ring (bicyclic) bond motifs is 27. The van der Waals surface area contributed by atoms with Crippen LogP contribution in [0.5, 0.6) is 0 Å². The van der Waals surface area contributed by atoms with Crippen LogP contribution in [0, 0.1) is 0 Å². The summed E-state index contributed by atoms with van der Waals surface area (Å²) in [6.07, 6.45) is 0. The first-order chi connectivity index (χ1) is 40.2. The van der Waals surface area contributed by atoms with Gasteiger partial charge >= 0.3 is 0 Å². The molecule has 3 heteroatoms. The molecule has 2 spiro atoms. The molecular weight excluding hydrogens is 981 g/mol. The summed E-state index contributed by atoms with van der Waals surface area (Å²) in [5.41, 5.74) is 28.0. The Morgan fingerprint density at radius 3 is 1.70 bits per heavy atom. The summed E-state index contributed by atoms with van der Waals surface area (Å²) in [4.78, 5) is 2.56. The van der Waals surface area contributed by atoms with Gasteiger partial charge in [-0.15, -0.1) is 0 Å². The van der Waals surface area contributed by atoms with Gasteiger partial charge in [-0.05, 0) is 155 Å². The Balaban J connectivity index is 0.892. The van der Waals surface area contributed by atoms with E-state index in [2.05, 4.69) is 282 Å². The highest BCUT2D eigenvalue weighted by Gasteiger charge is 2.54. The number of aromatic nitrogens is 1. The summed E-state index contributed by atoms with van der Waals surface area (Å²) in [5, 5.41) is 7.33. The highest BCUT2D eigenvalue weighted by Crippen LogP contribution is 2.66. The van der Waals surface area contributed by atoms with Crippen molar-refractivity contribution in [2.24, 2.45) is 0 Å². The zero-order valence-electron chi connectivity index (χ0n) is 43.9. The molecule has 374 valence electrons. The molecular formula is C78H46N2O. The van der Waals surface area contributed by atoms with E-state index in [1.165, 1.54) is 116 Å². The van der Waals surface area contributed by atoms with Gasteiger partial charge < -0.3 is 13.9 Å². The minimum absolute atomic E-state index is 0.555. The van der Waals surface area contributed by atoms with Gasteiger partial charge in [0, 0.05) is 38.5 Å². The molecule has 1 atom stereocenters. The Kier molecular flexibility index (Phi) is 8.39. The summed E-state index contributed by atoms with van der Waals surface area (Å²) < 4.78 is 8.98. The van der Waals surface area contributed by atoms with Gasteiger partial charge in [0.25, 0.3) is 0 Å². The fourth-order valence-corrected chi connectivity index (χ4v) is 15.9. The summed E-state index contributed by atoms with van der Waals surface area (Å²) in [6.45, 7) is 0. The van der Waals surface area contributed by atoms with E-state index in [4.69, 9.17) is 4.42 Å². The van der Waals surface area contributed by atoms with E-state index in [0.717, 1.165) is 50.1 Å². The van der Waals surface area contributed by atoms with E-state index in [1.54, 1.807) is 0 Å². The fraction of sp³-hybridized carbons (Fsp3) is 0.0256. The van der Waals surface area contributed by atoms with Crippen LogP contribution in [0.1, 0.15) is 44.5 Å². The van der Waals surface area contributed by atoms with E-state index in [1.807, 2.05) is 6.07 Å². The smallest absolute Gasteiger partial charge is 0.136 e. The van der Waals surface area contributed by atoms with Crippen molar-refractivity contribution in [2.45, 2.75) is 10.8 Å². The molecule has 1 aliphatic heterocycles. The van der Waals surface area contributed by atoms with E-state index in [9.17, 15) is 0 Å². The second-order valence-electron chi connectivity index (χ2n) is 22.5. The van der Waals surface area contributed by atoms with Gasteiger partial charge in [0.05, 0.1) is 33.2 Å². The summed E-state index contributed by atoms with van der Waals surface area (Å²) in [6, 6.07) is 105. The van der Waals surface area contributed by atoms with Crippen LogP contribution in [-0.2, 0) is 10.8 Å². The van der Waals surface area contributed by atoms with Crippen LogP contribution in [0.3, 0.4) is 0 Å². The van der Waals surface area contributed by atoms with Crippen molar-refractivity contribution in [3.8, 4) is 50.2 Å². The number of para-hydroxylation sites is 4. The Labute approximate surface area is 467 Å². The largest absolute Gasteiger partial charge is 0.456 e. The van der Waals surface area contributed by atoms with Crippen LogP contribution in [0.4, 0.5) is 17.1 Å². The van der Waals surface area contributed by atoms with E-state index in [-0.39, 0.29) is 0 Å². The van der Waals surface area contributed by atoms with Crippen LogP contribution in [0.15, 0.2) is 283 Å². The molecule has 0 saturated carbocycles. The molecule has 15 aromatic rings. The minimum Gasteiger partial charge on any atom is -0.456 e. The van der Waals surface area contributed by atoms with Crippen LogP contribution in [0.2, 0.25) is 0 Å². The summed E-state index contributed by atoms with van der Waals surface area (Å²) >= 11 is 0. The first kappa shape index (κ1) is 43.5. The SMILES string of the molecule is c1ccc2c(c1)-c1ccccc1C21c2cc(N(c3ccc(-c4ccc5c(c4)oc4ccccc45)cc3)c3cccc4c3-c3ccccc3C43c4ccccc4-n4c5ccccc5c5cccc3c54)ccc2-c2c1ccc1ccccc21. The van der Waals surface area contributed by atoms with Crippen molar-refractivity contribution in [3.05, 3.63) is 324 Å². The monoisotopic (exact) mass is 1030 g/mol. The van der Waals surface area contributed by atoms with Gasteiger partial charge in [0.15, 0.2) is 0 Å². The summed E-state index contributed by atoms with van der Waals surface area (Å²) in [5.74, 6) is 0. The van der Waals surface area contributed by atoms with Crippen molar-refractivity contribution >= 4 is 71.6 Å². The first-order valence-electron chi connectivity index (χ1n) is 28.2.